The summed E-state index contributed by atoms with van der Waals surface area (Å²) >= 11 is 0. The second-order valence-corrected chi connectivity index (χ2v) is 8.60. The molecule has 160 valence electrons. The minimum atomic E-state index is 0.160. The number of rotatable bonds is 3. The summed E-state index contributed by atoms with van der Waals surface area (Å²) in [6.45, 7) is 4.24. The molecular weight excluding hydrogens is 404 g/mol. The van der Waals surface area contributed by atoms with Gasteiger partial charge in [-0.25, -0.2) is 0 Å². The molecule has 0 aliphatic carbocycles. The highest BCUT2D eigenvalue weighted by Crippen LogP contribution is 2.41. The summed E-state index contributed by atoms with van der Waals surface area (Å²) in [6.07, 6.45) is 8.38. The molecule has 2 saturated heterocycles. The number of amidine groups is 1. The van der Waals surface area contributed by atoms with Gasteiger partial charge in [0.1, 0.15) is 0 Å². The Kier molecular flexibility index (Phi) is 4.59. The van der Waals surface area contributed by atoms with Crippen molar-refractivity contribution in [2.24, 2.45) is 4.99 Å². The fraction of sp³-hybridized carbons (Fsp3) is 0.375. The highest BCUT2D eigenvalue weighted by molar-refractivity contribution is 6.04. The van der Waals surface area contributed by atoms with Crippen LogP contribution in [0.2, 0.25) is 0 Å². The van der Waals surface area contributed by atoms with Gasteiger partial charge in [0.05, 0.1) is 79.0 Å². The molecular formula is C24H23N6O2+. The van der Waals surface area contributed by atoms with Crippen LogP contribution < -0.4 is 0 Å². The first-order valence-corrected chi connectivity index (χ1v) is 11.0. The Hall–Kier alpha value is -3.41. The van der Waals surface area contributed by atoms with E-state index in [0.717, 1.165) is 46.5 Å². The SMILES string of the molecule is C[C@@H]1CC(=[N+]2C(Cc3cnn(C4COC4)c3)=Nc3cnc4ccc(C#N)cc4c32)CCO1. The molecule has 1 atom stereocenters. The van der Waals surface area contributed by atoms with Crippen molar-refractivity contribution in [1.29, 1.82) is 5.26 Å². The van der Waals surface area contributed by atoms with Crippen molar-refractivity contribution in [2.75, 3.05) is 19.8 Å². The Morgan fingerprint density at radius 3 is 2.97 bits per heavy atom. The minimum absolute atomic E-state index is 0.160. The van der Waals surface area contributed by atoms with Crippen LogP contribution in [0.25, 0.3) is 10.9 Å². The number of benzene rings is 1. The number of hydrogen-bond acceptors (Lipinski definition) is 6. The molecule has 0 amide bonds. The molecule has 8 heteroatoms. The fourth-order valence-corrected chi connectivity index (χ4v) is 4.63. The number of nitriles is 1. The predicted octanol–water partition coefficient (Wildman–Crippen LogP) is 3.44. The summed E-state index contributed by atoms with van der Waals surface area (Å²) in [5.41, 5.74) is 5.75. The number of ether oxygens (including phenoxy) is 2. The monoisotopic (exact) mass is 427 g/mol. The number of aliphatic imine (C=N–C) groups is 1. The van der Waals surface area contributed by atoms with Crippen LogP contribution in [0.15, 0.2) is 41.8 Å². The number of aromatic nitrogens is 3. The second kappa shape index (κ2) is 7.62. The highest BCUT2D eigenvalue weighted by atomic mass is 16.5. The summed E-state index contributed by atoms with van der Waals surface area (Å²) in [5.74, 6) is 0.963. The van der Waals surface area contributed by atoms with E-state index in [2.05, 4.69) is 33.8 Å². The average molecular weight is 427 g/mol. The largest absolute Gasteiger partial charge is 0.378 e. The summed E-state index contributed by atoms with van der Waals surface area (Å²) in [7, 11) is 0. The molecule has 0 unspecified atom stereocenters. The van der Waals surface area contributed by atoms with E-state index in [1.165, 1.54) is 5.71 Å². The topological polar surface area (TPSA) is 88.3 Å². The Labute approximate surface area is 185 Å². The summed E-state index contributed by atoms with van der Waals surface area (Å²) in [4.78, 5) is 9.60. The molecule has 0 N–H and O–H groups in total. The van der Waals surface area contributed by atoms with E-state index in [0.29, 0.717) is 37.8 Å². The standard InChI is InChI=1S/C24H23N6O2/c1-15-6-18(4-5-32-15)30-23(8-17-10-27-29(12-17)19-13-31-14-19)28-22-11-26-21-3-2-16(9-25)7-20(21)24(22)30/h2-3,7,10-12,15,19H,4-6,8,13-14H2,1H3/q+1/t15-/m1/s1. The molecule has 5 heterocycles. The third kappa shape index (κ3) is 3.22. The lowest BCUT2D eigenvalue weighted by atomic mass is 10.0. The lowest BCUT2D eigenvalue weighted by molar-refractivity contribution is -0.307. The lowest BCUT2D eigenvalue weighted by Crippen LogP contribution is -2.32. The maximum atomic E-state index is 9.46. The van der Waals surface area contributed by atoms with Crippen molar-refractivity contribution < 1.29 is 14.0 Å². The molecule has 0 saturated carbocycles. The van der Waals surface area contributed by atoms with Crippen LogP contribution in [-0.4, -0.2) is 56.8 Å². The zero-order valence-electron chi connectivity index (χ0n) is 17.9. The molecule has 1 aromatic carbocycles. The smallest absolute Gasteiger partial charge is 0.309 e. The van der Waals surface area contributed by atoms with Crippen molar-refractivity contribution in [3.63, 3.8) is 0 Å². The average Bonchev–Trinajstić information content (AvgIpc) is 3.36. The Balaban J connectivity index is 1.46. The molecule has 0 spiro atoms. The first kappa shape index (κ1) is 19.3. The third-order valence-corrected chi connectivity index (χ3v) is 6.32. The quantitative estimate of drug-likeness (QED) is 0.598. The van der Waals surface area contributed by atoms with Crippen molar-refractivity contribution in [3.05, 3.63) is 47.9 Å². The van der Waals surface area contributed by atoms with Gasteiger partial charge in [-0.2, -0.15) is 14.9 Å². The molecule has 2 fully saturated rings. The van der Waals surface area contributed by atoms with Crippen LogP contribution >= 0.6 is 0 Å². The number of pyridine rings is 1. The molecule has 0 bridgehead atoms. The number of nitrogens with zero attached hydrogens (tertiary/aromatic N) is 6. The van der Waals surface area contributed by atoms with E-state index < -0.39 is 0 Å². The fourth-order valence-electron chi connectivity index (χ4n) is 4.63. The van der Waals surface area contributed by atoms with Crippen LogP contribution in [0.3, 0.4) is 0 Å². The van der Waals surface area contributed by atoms with E-state index in [4.69, 9.17) is 14.5 Å². The maximum absolute atomic E-state index is 9.46. The predicted molar refractivity (Wildman–Crippen MR) is 119 cm³/mol. The van der Waals surface area contributed by atoms with E-state index in [-0.39, 0.29) is 6.10 Å². The van der Waals surface area contributed by atoms with Crippen LogP contribution in [0.4, 0.5) is 11.4 Å². The zero-order valence-corrected chi connectivity index (χ0v) is 17.9. The Morgan fingerprint density at radius 1 is 1.28 bits per heavy atom. The van der Waals surface area contributed by atoms with Gasteiger partial charge in [0.25, 0.3) is 0 Å². The molecule has 3 aliphatic heterocycles. The van der Waals surface area contributed by atoms with E-state index in [1.54, 1.807) is 0 Å². The molecule has 0 radical (unpaired) electrons. The maximum Gasteiger partial charge on any atom is 0.309 e. The van der Waals surface area contributed by atoms with Gasteiger partial charge in [0, 0.05) is 24.6 Å². The first-order chi connectivity index (χ1) is 15.7. The highest BCUT2D eigenvalue weighted by Gasteiger charge is 2.37. The van der Waals surface area contributed by atoms with Gasteiger partial charge >= 0.3 is 5.84 Å². The van der Waals surface area contributed by atoms with Gasteiger partial charge < -0.3 is 9.47 Å². The zero-order chi connectivity index (χ0) is 21.7. The first-order valence-electron chi connectivity index (χ1n) is 11.0. The Bertz CT molecular complexity index is 1330. The van der Waals surface area contributed by atoms with Gasteiger partial charge in [0.2, 0.25) is 5.69 Å². The van der Waals surface area contributed by atoms with Crippen molar-refractivity contribution in [1.82, 2.24) is 14.8 Å². The van der Waals surface area contributed by atoms with Crippen LogP contribution in [-0.2, 0) is 15.9 Å². The summed E-state index contributed by atoms with van der Waals surface area (Å²) < 4.78 is 15.4. The van der Waals surface area contributed by atoms with Crippen LogP contribution in [0.5, 0.6) is 0 Å². The number of fused-ring (bicyclic) bond motifs is 3. The van der Waals surface area contributed by atoms with Gasteiger partial charge in [-0.15, -0.1) is 0 Å². The Morgan fingerprint density at radius 2 is 2.19 bits per heavy atom. The van der Waals surface area contributed by atoms with E-state index in [9.17, 15) is 5.26 Å². The molecule has 8 nitrogen and oxygen atoms in total. The van der Waals surface area contributed by atoms with Crippen LogP contribution in [0, 0.1) is 11.3 Å². The minimum Gasteiger partial charge on any atom is -0.378 e. The van der Waals surface area contributed by atoms with E-state index in [1.807, 2.05) is 35.3 Å². The molecule has 3 aromatic rings. The van der Waals surface area contributed by atoms with Crippen molar-refractivity contribution >= 4 is 33.8 Å². The molecule has 32 heavy (non-hydrogen) atoms. The van der Waals surface area contributed by atoms with Crippen LogP contribution in [0.1, 0.15) is 36.9 Å². The molecule has 3 aliphatic rings. The molecule has 2 aromatic heterocycles. The van der Waals surface area contributed by atoms with E-state index >= 15 is 0 Å². The van der Waals surface area contributed by atoms with Crippen molar-refractivity contribution in [3.8, 4) is 6.07 Å². The third-order valence-electron chi connectivity index (χ3n) is 6.32. The normalized spacial score (nSPS) is 23.0. The van der Waals surface area contributed by atoms with Gasteiger partial charge in [-0.1, -0.05) is 0 Å². The van der Waals surface area contributed by atoms with Gasteiger partial charge in [0.15, 0.2) is 5.69 Å². The summed E-state index contributed by atoms with van der Waals surface area (Å²) in [6, 6.07) is 8.22. The second-order valence-electron chi connectivity index (χ2n) is 8.60. The van der Waals surface area contributed by atoms with Gasteiger partial charge in [-0.3, -0.25) is 9.67 Å². The van der Waals surface area contributed by atoms with Crippen molar-refractivity contribution in [2.45, 2.75) is 38.3 Å². The lowest BCUT2D eigenvalue weighted by Gasteiger charge is -2.25. The molecule has 6 rings (SSSR count). The number of hydrogen-bond donors (Lipinski definition) is 0. The summed E-state index contributed by atoms with van der Waals surface area (Å²) in [5, 5.41) is 15.0. The van der Waals surface area contributed by atoms with Gasteiger partial charge in [-0.05, 0) is 30.1 Å².